The monoisotopic (exact) mass is 324 g/mol. The Balaban J connectivity index is 2.14. The molecule has 122 valence electrons. The fourth-order valence-electron chi connectivity index (χ4n) is 2.47. The number of nitro groups is 1. The maximum Gasteiger partial charge on any atom is 0.355 e. The van der Waals surface area contributed by atoms with Crippen LogP contribution in [-0.2, 0) is 0 Å². The second kappa shape index (κ2) is 6.07. The van der Waals surface area contributed by atoms with Crippen LogP contribution in [0.5, 0.6) is 0 Å². The lowest BCUT2D eigenvalue weighted by Gasteiger charge is -2.11. The summed E-state index contributed by atoms with van der Waals surface area (Å²) in [6, 6.07) is 9.34. The van der Waals surface area contributed by atoms with Gasteiger partial charge in [-0.25, -0.2) is 14.6 Å². The number of hydrogen-bond acceptors (Lipinski definition) is 6. The van der Waals surface area contributed by atoms with Gasteiger partial charge in [-0.1, -0.05) is 18.2 Å². The molecule has 0 unspecified atom stereocenters. The molecular formula is C16H16N6O2. The molecule has 24 heavy (non-hydrogen) atoms. The van der Waals surface area contributed by atoms with Crippen LogP contribution < -0.4 is 5.32 Å². The first-order valence-corrected chi connectivity index (χ1v) is 7.33. The van der Waals surface area contributed by atoms with Crippen LogP contribution in [0.15, 0.2) is 36.7 Å². The minimum absolute atomic E-state index is 0.131. The third-order valence-corrected chi connectivity index (χ3v) is 3.59. The highest BCUT2D eigenvalue weighted by Gasteiger charge is 2.26. The number of nitrogens with zero attached hydrogens (tertiary/aromatic N) is 5. The average molecular weight is 324 g/mol. The number of nitrogens with one attached hydrogen (secondary N) is 1. The van der Waals surface area contributed by atoms with E-state index in [1.165, 1.54) is 11.0 Å². The zero-order valence-electron chi connectivity index (χ0n) is 13.5. The van der Waals surface area contributed by atoms with Crippen molar-refractivity contribution in [2.45, 2.75) is 20.8 Å². The van der Waals surface area contributed by atoms with Gasteiger partial charge in [0, 0.05) is 11.4 Å². The highest BCUT2D eigenvalue weighted by Crippen LogP contribution is 2.31. The maximum absolute atomic E-state index is 11.7. The summed E-state index contributed by atoms with van der Waals surface area (Å²) in [5.74, 6) is 0.267. The Labute approximate surface area is 138 Å². The van der Waals surface area contributed by atoms with Crippen molar-refractivity contribution in [3.8, 4) is 5.82 Å². The fourth-order valence-corrected chi connectivity index (χ4v) is 2.47. The van der Waals surface area contributed by atoms with Gasteiger partial charge in [0.15, 0.2) is 0 Å². The minimum Gasteiger partial charge on any atom is -0.334 e. The third kappa shape index (κ3) is 2.81. The Hall–Kier alpha value is -3.29. The van der Waals surface area contributed by atoms with Gasteiger partial charge in [-0.15, -0.1) is 0 Å². The van der Waals surface area contributed by atoms with E-state index >= 15 is 0 Å². The Morgan fingerprint density at radius 1 is 1.17 bits per heavy atom. The molecule has 3 aromatic rings. The van der Waals surface area contributed by atoms with Crippen molar-refractivity contribution in [3.63, 3.8) is 0 Å². The van der Waals surface area contributed by atoms with Crippen LogP contribution in [0.3, 0.4) is 0 Å². The maximum atomic E-state index is 11.7. The average Bonchev–Trinajstić information content (AvgIpc) is 2.87. The van der Waals surface area contributed by atoms with Gasteiger partial charge in [0.25, 0.3) is 0 Å². The highest BCUT2D eigenvalue weighted by molar-refractivity contribution is 5.71. The van der Waals surface area contributed by atoms with E-state index in [4.69, 9.17) is 0 Å². The highest BCUT2D eigenvalue weighted by atomic mass is 16.6. The molecule has 0 aliphatic carbocycles. The van der Waals surface area contributed by atoms with Crippen LogP contribution >= 0.6 is 0 Å². The van der Waals surface area contributed by atoms with Crippen molar-refractivity contribution < 1.29 is 4.92 Å². The van der Waals surface area contributed by atoms with Crippen molar-refractivity contribution in [1.29, 1.82) is 0 Å². The Bertz CT molecular complexity index is 919. The van der Waals surface area contributed by atoms with Gasteiger partial charge in [-0.2, -0.15) is 5.10 Å². The number of anilines is 2. The number of hydrogen-bond donors (Lipinski definition) is 1. The summed E-state index contributed by atoms with van der Waals surface area (Å²) >= 11 is 0. The second-order valence-corrected chi connectivity index (χ2v) is 5.43. The summed E-state index contributed by atoms with van der Waals surface area (Å²) in [7, 11) is 0. The van der Waals surface area contributed by atoms with E-state index < -0.39 is 4.92 Å². The molecule has 1 N–H and O–H groups in total. The smallest absolute Gasteiger partial charge is 0.334 e. The van der Waals surface area contributed by atoms with Crippen molar-refractivity contribution in [1.82, 2.24) is 19.7 Å². The number of aryl methyl sites for hydroxylation is 3. The first-order chi connectivity index (χ1) is 11.5. The van der Waals surface area contributed by atoms with E-state index in [9.17, 15) is 10.1 Å². The quantitative estimate of drug-likeness (QED) is 0.584. The molecule has 2 aromatic heterocycles. The van der Waals surface area contributed by atoms with Gasteiger partial charge < -0.3 is 5.32 Å². The number of para-hydroxylation sites is 1. The Kier molecular flexibility index (Phi) is 3.95. The molecule has 0 amide bonds. The molecule has 0 bridgehead atoms. The summed E-state index contributed by atoms with van der Waals surface area (Å²) in [5, 5.41) is 19.0. The number of rotatable bonds is 4. The number of benzene rings is 1. The minimum atomic E-state index is -0.494. The zero-order valence-corrected chi connectivity index (χ0v) is 13.5. The van der Waals surface area contributed by atoms with Crippen LogP contribution in [-0.4, -0.2) is 24.7 Å². The standard InChI is InChI=1S/C16H16N6O2/c1-10-6-4-5-7-13(10)19-15-14(22(23)24)16(18-9-17-15)21-12(3)8-11(2)20-21/h4-9H,1-3H3,(H,17,18,19). The molecule has 8 heteroatoms. The lowest BCUT2D eigenvalue weighted by atomic mass is 10.2. The molecule has 2 heterocycles. The van der Waals surface area contributed by atoms with E-state index in [2.05, 4.69) is 20.4 Å². The van der Waals surface area contributed by atoms with E-state index in [0.717, 1.165) is 22.6 Å². The van der Waals surface area contributed by atoms with E-state index in [1.807, 2.05) is 51.1 Å². The molecular weight excluding hydrogens is 308 g/mol. The zero-order chi connectivity index (χ0) is 17.3. The normalized spacial score (nSPS) is 10.6. The van der Waals surface area contributed by atoms with Crippen molar-refractivity contribution in [3.05, 3.63) is 63.7 Å². The SMILES string of the molecule is Cc1cc(C)n(-c2ncnc(Nc3ccccc3C)c2[N+](=O)[O-])n1. The molecule has 1 aromatic carbocycles. The van der Waals surface area contributed by atoms with Crippen LogP contribution in [0.4, 0.5) is 17.2 Å². The molecule has 0 saturated heterocycles. The molecule has 0 radical (unpaired) electrons. The van der Waals surface area contributed by atoms with Crippen LogP contribution in [0.25, 0.3) is 5.82 Å². The first-order valence-electron chi connectivity index (χ1n) is 7.33. The lowest BCUT2D eigenvalue weighted by Crippen LogP contribution is -2.10. The van der Waals surface area contributed by atoms with Crippen LogP contribution in [0.2, 0.25) is 0 Å². The van der Waals surface area contributed by atoms with Crippen LogP contribution in [0.1, 0.15) is 17.0 Å². The van der Waals surface area contributed by atoms with Crippen LogP contribution in [0, 0.1) is 30.9 Å². The molecule has 0 aliphatic heterocycles. The second-order valence-electron chi connectivity index (χ2n) is 5.43. The molecule has 8 nitrogen and oxygen atoms in total. The van der Waals surface area contributed by atoms with E-state index in [1.54, 1.807) is 0 Å². The predicted molar refractivity (Wildman–Crippen MR) is 89.7 cm³/mol. The largest absolute Gasteiger partial charge is 0.355 e. The van der Waals surface area contributed by atoms with Gasteiger partial charge >= 0.3 is 5.69 Å². The summed E-state index contributed by atoms with van der Waals surface area (Å²) in [6.45, 7) is 5.56. The molecule has 3 rings (SSSR count). The van der Waals surface area contributed by atoms with E-state index in [0.29, 0.717) is 0 Å². The summed E-state index contributed by atoms with van der Waals surface area (Å²) in [6.07, 6.45) is 1.29. The van der Waals surface area contributed by atoms with Gasteiger partial charge in [-0.05, 0) is 38.5 Å². The van der Waals surface area contributed by atoms with Gasteiger partial charge in [0.05, 0.1) is 10.6 Å². The molecule has 0 saturated carbocycles. The molecule has 0 fully saturated rings. The van der Waals surface area contributed by atoms with Crippen molar-refractivity contribution >= 4 is 17.2 Å². The van der Waals surface area contributed by atoms with Gasteiger partial charge in [0.1, 0.15) is 6.33 Å². The summed E-state index contributed by atoms with van der Waals surface area (Å²) in [4.78, 5) is 19.3. The predicted octanol–water partition coefficient (Wildman–Crippen LogP) is 3.24. The molecule has 0 atom stereocenters. The molecule has 0 spiro atoms. The van der Waals surface area contributed by atoms with Gasteiger partial charge in [-0.3, -0.25) is 10.1 Å². The van der Waals surface area contributed by atoms with Crippen molar-refractivity contribution in [2.75, 3.05) is 5.32 Å². The summed E-state index contributed by atoms with van der Waals surface area (Å²) in [5.41, 5.74) is 3.01. The Morgan fingerprint density at radius 2 is 1.92 bits per heavy atom. The summed E-state index contributed by atoms with van der Waals surface area (Å²) < 4.78 is 1.46. The van der Waals surface area contributed by atoms with E-state index in [-0.39, 0.29) is 17.3 Å². The van der Waals surface area contributed by atoms with Gasteiger partial charge in [0.2, 0.25) is 11.6 Å². The van der Waals surface area contributed by atoms with Crippen molar-refractivity contribution in [2.24, 2.45) is 0 Å². The Morgan fingerprint density at radius 3 is 2.54 bits per heavy atom. The fraction of sp³-hybridized carbons (Fsp3) is 0.188. The topological polar surface area (TPSA) is 98.8 Å². The lowest BCUT2D eigenvalue weighted by molar-refractivity contribution is -0.384. The third-order valence-electron chi connectivity index (χ3n) is 3.59. The number of aromatic nitrogens is 4. The first kappa shape index (κ1) is 15.6. The molecule has 0 aliphatic rings.